The SMILES string of the molecule is Cc1cc(C)nc(CNC(=O)C2C(C=C(Cl)Cl)C2(C)C)c1. The first kappa shape index (κ1) is 16.3. The van der Waals surface area contributed by atoms with E-state index in [0.717, 1.165) is 17.0 Å². The number of aromatic nitrogens is 1. The normalized spacial score (nSPS) is 22.6. The zero-order valence-electron chi connectivity index (χ0n) is 12.7. The van der Waals surface area contributed by atoms with Crippen LogP contribution < -0.4 is 5.32 Å². The number of rotatable bonds is 4. The van der Waals surface area contributed by atoms with Gasteiger partial charge in [0.25, 0.3) is 0 Å². The summed E-state index contributed by atoms with van der Waals surface area (Å²) in [5, 5.41) is 2.96. The zero-order valence-corrected chi connectivity index (χ0v) is 14.2. The van der Waals surface area contributed by atoms with Crippen LogP contribution in [-0.2, 0) is 11.3 Å². The molecule has 21 heavy (non-hydrogen) atoms. The van der Waals surface area contributed by atoms with E-state index in [2.05, 4.69) is 10.3 Å². The van der Waals surface area contributed by atoms with Gasteiger partial charge in [0.05, 0.1) is 18.2 Å². The third-order valence-corrected chi connectivity index (χ3v) is 4.35. The fourth-order valence-electron chi connectivity index (χ4n) is 2.93. The molecule has 1 fully saturated rings. The quantitative estimate of drug-likeness (QED) is 0.911. The monoisotopic (exact) mass is 326 g/mol. The fraction of sp³-hybridized carbons (Fsp3) is 0.500. The van der Waals surface area contributed by atoms with Crippen LogP contribution in [0.15, 0.2) is 22.7 Å². The van der Waals surface area contributed by atoms with E-state index in [1.807, 2.05) is 39.8 Å². The second-order valence-corrected chi connectivity index (χ2v) is 7.28. The van der Waals surface area contributed by atoms with Crippen LogP contribution in [0.25, 0.3) is 0 Å². The van der Waals surface area contributed by atoms with E-state index in [-0.39, 0.29) is 27.6 Å². The Morgan fingerprint density at radius 1 is 1.38 bits per heavy atom. The van der Waals surface area contributed by atoms with Gasteiger partial charge in [-0.3, -0.25) is 9.78 Å². The molecule has 2 unspecified atom stereocenters. The molecule has 3 nitrogen and oxygen atoms in total. The van der Waals surface area contributed by atoms with Crippen molar-refractivity contribution in [2.24, 2.45) is 17.3 Å². The van der Waals surface area contributed by atoms with Gasteiger partial charge in [-0.25, -0.2) is 0 Å². The van der Waals surface area contributed by atoms with E-state index in [1.54, 1.807) is 6.08 Å². The standard InChI is InChI=1S/C16H20Cl2N2O/c1-9-5-10(2)20-11(6-9)8-19-15(21)14-12(7-13(17)18)16(14,3)4/h5-7,12,14H,8H2,1-4H3,(H,19,21). The summed E-state index contributed by atoms with van der Waals surface area (Å²) in [6.07, 6.45) is 1.75. The third-order valence-electron chi connectivity index (χ3n) is 4.09. The minimum Gasteiger partial charge on any atom is -0.350 e. The number of carbonyl (C=O) groups is 1. The lowest BCUT2D eigenvalue weighted by atomic mass is 10.1. The molecule has 1 amide bonds. The highest BCUT2D eigenvalue weighted by atomic mass is 35.5. The van der Waals surface area contributed by atoms with E-state index in [4.69, 9.17) is 23.2 Å². The van der Waals surface area contributed by atoms with E-state index in [1.165, 1.54) is 0 Å². The van der Waals surface area contributed by atoms with Gasteiger partial charge in [-0.05, 0) is 49.0 Å². The molecule has 0 aliphatic heterocycles. The van der Waals surface area contributed by atoms with Crippen molar-refractivity contribution >= 4 is 29.1 Å². The molecule has 1 N–H and O–H groups in total. The van der Waals surface area contributed by atoms with Gasteiger partial charge < -0.3 is 5.32 Å². The van der Waals surface area contributed by atoms with Crippen molar-refractivity contribution in [1.82, 2.24) is 10.3 Å². The van der Waals surface area contributed by atoms with E-state index >= 15 is 0 Å². The Balaban J connectivity index is 1.98. The van der Waals surface area contributed by atoms with Gasteiger partial charge in [-0.1, -0.05) is 37.0 Å². The van der Waals surface area contributed by atoms with Crippen molar-refractivity contribution in [3.05, 3.63) is 39.7 Å². The summed E-state index contributed by atoms with van der Waals surface area (Å²) in [6, 6.07) is 4.00. The number of aryl methyl sites for hydroxylation is 2. The fourth-order valence-corrected chi connectivity index (χ4v) is 3.20. The molecule has 0 spiro atoms. The molecule has 1 aliphatic rings. The van der Waals surface area contributed by atoms with Crippen LogP contribution in [-0.4, -0.2) is 10.9 Å². The predicted molar refractivity (Wildman–Crippen MR) is 86.1 cm³/mol. The average Bonchev–Trinajstić information content (AvgIpc) is 2.85. The van der Waals surface area contributed by atoms with Crippen LogP contribution >= 0.6 is 23.2 Å². The van der Waals surface area contributed by atoms with Crippen molar-refractivity contribution in [1.29, 1.82) is 0 Å². The van der Waals surface area contributed by atoms with Crippen molar-refractivity contribution in [3.8, 4) is 0 Å². The number of hydrogen-bond acceptors (Lipinski definition) is 2. The smallest absolute Gasteiger partial charge is 0.224 e. The van der Waals surface area contributed by atoms with Gasteiger partial charge >= 0.3 is 0 Å². The van der Waals surface area contributed by atoms with Crippen LogP contribution in [0, 0.1) is 31.1 Å². The number of nitrogens with zero attached hydrogens (tertiary/aromatic N) is 1. The topological polar surface area (TPSA) is 42.0 Å². The maximum Gasteiger partial charge on any atom is 0.224 e. The van der Waals surface area contributed by atoms with E-state index in [0.29, 0.717) is 6.54 Å². The molecule has 1 aromatic heterocycles. The molecule has 1 saturated carbocycles. The Bertz CT molecular complexity index is 572. The van der Waals surface area contributed by atoms with Crippen molar-refractivity contribution in [2.75, 3.05) is 0 Å². The number of carbonyl (C=O) groups excluding carboxylic acids is 1. The highest BCUT2D eigenvalue weighted by Gasteiger charge is 2.60. The first-order valence-electron chi connectivity index (χ1n) is 6.96. The largest absolute Gasteiger partial charge is 0.350 e. The van der Waals surface area contributed by atoms with Crippen molar-refractivity contribution < 1.29 is 4.79 Å². The summed E-state index contributed by atoms with van der Waals surface area (Å²) in [5.74, 6) is 0.0300. The number of allylic oxidation sites excluding steroid dienone is 1. The summed E-state index contributed by atoms with van der Waals surface area (Å²) in [6.45, 7) is 8.51. The first-order valence-corrected chi connectivity index (χ1v) is 7.72. The molecule has 0 bridgehead atoms. The molecular weight excluding hydrogens is 307 g/mol. The highest BCUT2D eigenvalue weighted by Crippen LogP contribution is 2.59. The molecule has 114 valence electrons. The first-order chi connectivity index (χ1) is 9.71. The molecule has 0 aromatic carbocycles. The maximum absolute atomic E-state index is 12.3. The van der Waals surface area contributed by atoms with Crippen LogP contribution in [0.1, 0.15) is 30.8 Å². The van der Waals surface area contributed by atoms with E-state index < -0.39 is 0 Å². The molecule has 1 heterocycles. The van der Waals surface area contributed by atoms with Gasteiger partial charge in [0.1, 0.15) is 4.49 Å². The Labute approximate surface area is 135 Å². The van der Waals surface area contributed by atoms with Gasteiger partial charge in [-0.15, -0.1) is 0 Å². The van der Waals surface area contributed by atoms with Crippen LogP contribution in [0.3, 0.4) is 0 Å². The molecule has 0 saturated heterocycles. The number of nitrogens with one attached hydrogen (secondary N) is 1. The number of hydrogen-bond donors (Lipinski definition) is 1. The molecule has 2 rings (SSSR count). The van der Waals surface area contributed by atoms with Gasteiger partial charge in [0.2, 0.25) is 5.91 Å². The molecule has 2 atom stereocenters. The van der Waals surface area contributed by atoms with Gasteiger partial charge in [-0.2, -0.15) is 0 Å². The lowest BCUT2D eigenvalue weighted by Gasteiger charge is -2.07. The number of pyridine rings is 1. The van der Waals surface area contributed by atoms with Crippen LogP contribution in [0.5, 0.6) is 0 Å². The zero-order chi connectivity index (χ0) is 15.8. The minimum absolute atomic E-state index is 0.0248. The average molecular weight is 327 g/mol. The van der Waals surface area contributed by atoms with Crippen LogP contribution in [0.4, 0.5) is 0 Å². The molecule has 1 aromatic rings. The summed E-state index contributed by atoms with van der Waals surface area (Å²) < 4.78 is 0.222. The van der Waals surface area contributed by atoms with Crippen molar-refractivity contribution in [2.45, 2.75) is 34.2 Å². The van der Waals surface area contributed by atoms with Crippen molar-refractivity contribution in [3.63, 3.8) is 0 Å². The Hall–Kier alpha value is -1.06. The lowest BCUT2D eigenvalue weighted by Crippen LogP contribution is -2.26. The minimum atomic E-state index is -0.102. The molecule has 0 radical (unpaired) electrons. The predicted octanol–water partition coefficient (Wildman–Crippen LogP) is 3.91. The number of amides is 1. The van der Waals surface area contributed by atoms with E-state index in [9.17, 15) is 4.79 Å². The second kappa shape index (κ2) is 5.98. The molecule has 1 aliphatic carbocycles. The number of halogens is 2. The summed E-state index contributed by atoms with van der Waals surface area (Å²) in [4.78, 5) is 16.7. The maximum atomic E-state index is 12.3. The second-order valence-electron chi connectivity index (χ2n) is 6.28. The Kier molecular flexibility index (Phi) is 4.64. The van der Waals surface area contributed by atoms with Crippen LogP contribution in [0.2, 0.25) is 0 Å². The van der Waals surface area contributed by atoms with Gasteiger partial charge in [0.15, 0.2) is 0 Å². The Morgan fingerprint density at radius 2 is 2.05 bits per heavy atom. The molecule has 5 heteroatoms. The summed E-state index contributed by atoms with van der Waals surface area (Å²) in [7, 11) is 0. The lowest BCUT2D eigenvalue weighted by molar-refractivity contribution is -0.123. The summed E-state index contributed by atoms with van der Waals surface area (Å²) >= 11 is 11.4. The Morgan fingerprint density at radius 3 is 2.62 bits per heavy atom. The molecular formula is C16H20Cl2N2O. The summed E-state index contributed by atoms with van der Waals surface area (Å²) in [5.41, 5.74) is 2.88. The van der Waals surface area contributed by atoms with Gasteiger partial charge in [0, 0.05) is 5.69 Å². The highest BCUT2D eigenvalue weighted by molar-refractivity contribution is 6.55. The third kappa shape index (κ3) is 3.78.